The monoisotopic (exact) mass is 744 g/mol. The topological polar surface area (TPSA) is 9.86 Å². The first-order valence-corrected chi connectivity index (χ1v) is 20.9. The molecule has 3 heteroatoms. The second-order valence-corrected chi connectivity index (χ2v) is 20.6. The summed E-state index contributed by atoms with van der Waals surface area (Å²) < 4.78 is 5.11. The maximum Gasteiger partial charge on any atom is 0.0541 e. The van der Waals surface area contributed by atoms with E-state index in [2.05, 4.69) is 189 Å². The zero-order chi connectivity index (χ0) is 39.4. The molecule has 284 valence electrons. The van der Waals surface area contributed by atoms with Gasteiger partial charge in [-0.25, -0.2) is 0 Å². The van der Waals surface area contributed by atoms with E-state index in [-0.39, 0.29) is 22.2 Å². The van der Waals surface area contributed by atoms with E-state index in [1.54, 1.807) is 5.57 Å². The summed E-state index contributed by atoms with van der Waals surface area (Å²) in [5.41, 5.74) is 16.4. The zero-order valence-electron chi connectivity index (χ0n) is 35.2. The lowest BCUT2D eigenvalue weighted by Crippen LogP contribution is -2.17. The average Bonchev–Trinajstić information content (AvgIpc) is 3.63. The van der Waals surface area contributed by atoms with Crippen LogP contribution in [-0.2, 0) is 16.2 Å². The number of benzene rings is 4. The highest BCUT2D eigenvalue weighted by Gasteiger charge is 2.32. The van der Waals surface area contributed by atoms with Gasteiger partial charge >= 0.3 is 0 Å². The second-order valence-electron chi connectivity index (χ2n) is 20.0. The van der Waals surface area contributed by atoms with E-state index in [9.17, 15) is 0 Å². The molecule has 2 unspecified atom stereocenters. The van der Waals surface area contributed by atoms with Gasteiger partial charge in [0.1, 0.15) is 0 Å². The van der Waals surface area contributed by atoms with Crippen LogP contribution in [0.5, 0.6) is 0 Å². The predicted octanol–water partition coefficient (Wildman–Crippen LogP) is 15.0. The Morgan fingerprint density at radius 3 is 1.58 bits per heavy atom. The molecule has 0 aliphatic heterocycles. The van der Waals surface area contributed by atoms with Gasteiger partial charge in [-0.15, -0.1) is 12.6 Å². The van der Waals surface area contributed by atoms with Crippen LogP contribution in [0, 0.1) is 5.92 Å². The van der Waals surface area contributed by atoms with Crippen LogP contribution in [0.2, 0.25) is 0 Å². The molecule has 0 N–H and O–H groups in total. The van der Waals surface area contributed by atoms with Crippen LogP contribution in [0.15, 0.2) is 101 Å². The molecule has 0 saturated heterocycles. The van der Waals surface area contributed by atoms with Crippen LogP contribution >= 0.6 is 12.6 Å². The Morgan fingerprint density at radius 1 is 0.600 bits per heavy atom. The van der Waals surface area contributed by atoms with E-state index in [0.29, 0.717) is 11.8 Å². The van der Waals surface area contributed by atoms with Crippen LogP contribution in [0.1, 0.15) is 141 Å². The average molecular weight is 745 g/mol. The Hall–Kier alpha value is -4.21. The van der Waals surface area contributed by atoms with Crippen molar-refractivity contribution in [2.75, 3.05) is 0 Å². The number of fused-ring (bicyclic) bond motifs is 6. The highest BCUT2D eigenvalue weighted by Crippen LogP contribution is 2.48. The van der Waals surface area contributed by atoms with Gasteiger partial charge in [0.25, 0.3) is 0 Å². The smallest absolute Gasteiger partial charge is 0.0541 e. The summed E-state index contributed by atoms with van der Waals surface area (Å²) in [4.78, 5) is 1.12. The first-order valence-electron chi connectivity index (χ1n) is 20.5. The molecule has 2 aliphatic carbocycles. The SMILES string of the molecule is CC(C)C1=Cc2c(n(C3=CC=C(S)CC3c3ccc(-n4c5ccc(C(C)(C)C)cc5c5cc(C(C)(C)C)ccc54)cc3)c3ccc(C(C)(C)C)cc23)C(C)C1. The van der Waals surface area contributed by atoms with Crippen LogP contribution in [-0.4, -0.2) is 9.13 Å². The van der Waals surface area contributed by atoms with Crippen LogP contribution in [0.4, 0.5) is 0 Å². The molecule has 0 amide bonds. The molecule has 0 bridgehead atoms. The fourth-order valence-electron chi connectivity index (χ4n) is 9.10. The molecule has 2 nitrogen and oxygen atoms in total. The van der Waals surface area contributed by atoms with E-state index >= 15 is 0 Å². The van der Waals surface area contributed by atoms with E-state index in [1.807, 2.05) is 0 Å². The lowest BCUT2D eigenvalue weighted by molar-refractivity contribution is 0.590. The van der Waals surface area contributed by atoms with Crippen molar-refractivity contribution in [3.63, 3.8) is 0 Å². The molecule has 2 heterocycles. The summed E-state index contributed by atoms with van der Waals surface area (Å²) in [5.74, 6) is 1.13. The molecular formula is C52H60N2S. The number of hydrogen-bond donors (Lipinski definition) is 1. The molecule has 2 atom stereocenters. The minimum absolute atomic E-state index is 0.0708. The Kier molecular flexibility index (Phi) is 9.04. The van der Waals surface area contributed by atoms with Crippen molar-refractivity contribution in [2.24, 2.45) is 5.92 Å². The number of rotatable bonds is 4. The Bertz CT molecular complexity index is 2500. The fraction of sp³-hybridized carbons (Fsp3) is 0.385. The number of thiol groups is 1. The normalized spacial score (nSPS) is 18.3. The van der Waals surface area contributed by atoms with Crippen LogP contribution < -0.4 is 0 Å². The van der Waals surface area contributed by atoms with Gasteiger partial charge in [-0.05, 0) is 117 Å². The van der Waals surface area contributed by atoms with Gasteiger partial charge < -0.3 is 9.13 Å². The standard InChI is InChI=1S/C52H60N2S/c1-31(2)34-25-32(3)49-44(26-34)43-29-37(52(10,11)12)17-23-48(43)54(49)45-24-20-39(55)30-40(45)33-13-18-38(19-14-33)53-46-21-15-35(50(4,5)6)27-41(46)42-28-36(51(7,8)9)16-22-47(42)53/h13-24,26-29,31-32,40,55H,25,30H2,1-12H3. The molecule has 0 spiro atoms. The van der Waals surface area contributed by atoms with Gasteiger partial charge in [-0.1, -0.05) is 131 Å². The van der Waals surface area contributed by atoms with Gasteiger partial charge in [0, 0.05) is 50.6 Å². The molecular weight excluding hydrogens is 685 g/mol. The van der Waals surface area contributed by atoms with Gasteiger partial charge in [0.2, 0.25) is 0 Å². The maximum absolute atomic E-state index is 4.98. The fourth-order valence-corrected chi connectivity index (χ4v) is 9.36. The number of nitrogens with zero attached hydrogens (tertiary/aromatic N) is 2. The lowest BCUT2D eigenvalue weighted by atomic mass is 9.82. The van der Waals surface area contributed by atoms with Gasteiger partial charge in [0.15, 0.2) is 0 Å². The summed E-state index contributed by atoms with van der Waals surface area (Å²) in [5, 5.41) is 4.02. The highest BCUT2D eigenvalue weighted by molar-refractivity contribution is 7.84. The first-order chi connectivity index (χ1) is 25.8. The first kappa shape index (κ1) is 37.7. The van der Waals surface area contributed by atoms with Gasteiger partial charge in [-0.3, -0.25) is 0 Å². The molecule has 6 aromatic rings. The van der Waals surface area contributed by atoms with Crippen molar-refractivity contribution in [1.29, 1.82) is 0 Å². The minimum Gasteiger partial charge on any atom is -0.316 e. The van der Waals surface area contributed by atoms with Crippen molar-refractivity contribution in [1.82, 2.24) is 9.13 Å². The maximum atomic E-state index is 4.98. The Balaban J connectivity index is 1.27. The van der Waals surface area contributed by atoms with Crippen LogP contribution in [0.25, 0.3) is 50.2 Å². The molecule has 0 saturated carbocycles. The summed E-state index contributed by atoms with van der Waals surface area (Å²) in [7, 11) is 0. The second kappa shape index (κ2) is 13.2. The number of aromatic nitrogens is 2. The molecule has 8 rings (SSSR count). The Morgan fingerprint density at radius 2 is 1.09 bits per heavy atom. The van der Waals surface area contributed by atoms with Crippen LogP contribution in [0.3, 0.4) is 0 Å². The van der Waals surface area contributed by atoms with E-state index in [4.69, 9.17) is 12.6 Å². The summed E-state index contributed by atoms with van der Waals surface area (Å²) in [6, 6.07) is 30.9. The van der Waals surface area contributed by atoms with Gasteiger partial charge in [0.05, 0.1) is 16.6 Å². The zero-order valence-corrected chi connectivity index (χ0v) is 36.1. The molecule has 4 aromatic carbocycles. The molecule has 55 heavy (non-hydrogen) atoms. The van der Waals surface area contributed by atoms with E-state index in [0.717, 1.165) is 17.7 Å². The van der Waals surface area contributed by atoms with E-state index < -0.39 is 0 Å². The van der Waals surface area contributed by atoms with Gasteiger partial charge in [-0.2, -0.15) is 0 Å². The Labute approximate surface area is 335 Å². The van der Waals surface area contributed by atoms with Crippen molar-refractivity contribution < 1.29 is 0 Å². The summed E-state index contributed by atoms with van der Waals surface area (Å²) in [6.45, 7) is 27.9. The van der Waals surface area contributed by atoms with Crippen molar-refractivity contribution in [3.8, 4) is 5.69 Å². The third kappa shape index (κ3) is 6.55. The number of hydrogen-bond acceptors (Lipinski definition) is 1. The van der Waals surface area contributed by atoms with Crippen molar-refractivity contribution in [2.45, 2.75) is 124 Å². The summed E-state index contributed by atoms with van der Waals surface area (Å²) >= 11 is 4.98. The summed E-state index contributed by atoms with van der Waals surface area (Å²) in [6.07, 6.45) is 9.08. The predicted molar refractivity (Wildman–Crippen MR) is 243 cm³/mol. The molecule has 2 aromatic heterocycles. The van der Waals surface area contributed by atoms with Crippen molar-refractivity contribution >= 4 is 57.1 Å². The largest absolute Gasteiger partial charge is 0.316 e. The quantitative estimate of drug-likeness (QED) is 0.172. The minimum atomic E-state index is 0.0708. The molecule has 0 fully saturated rings. The van der Waals surface area contributed by atoms with Crippen molar-refractivity contribution in [3.05, 3.63) is 135 Å². The third-order valence-corrected chi connectivity index (χ3v) is 12.8. The third-order valence-electron chi connectivity index (χ3n) is 12.5. The molecule has 2 aliphatic rings. The lowest BCUT2D eigenvalue weighted by Gasteiger charge is -2.30. The van der Waals surface area contributed by atoms with E-state index in [1.165, 1.54) is 77.6 Å². The highest BCUT2D eigenvalue weighted by atomic mass is 32.1. The number of allylic oxidation sites excluding steroid dienone is 5. The molecule has 0 radical (unpaired) electrons.